The SMILES string of the molecule is Cc1ccc(Cn2cc(C(=O)NCCF)c3c2=CCCN=3)c(C)c1. The van der Waals surface area contributed by atoms with Crippen molar-refractivity contribution in [2.24, 2.45) is 4.99 Å². The monoisotopic (exact) mass is 327 g/mol. The summed E-state index contributed by atoms with van der Waals surface area (Å²) in [6.45, 7) is 5.01. The summed E-state index contributed by atoms with van der Waals surface area (Å²) in [6.07, 6.45) is 4.83. The molecule has 1 aromatic carbocycles. The zero-order valence-electron chi connectivity index (χ0n) is 14.1. The minimum Gasteiger partial charge on any atom is -0.349 e. The van der Waals surface area contributed by atoms with Crippen LogP contribution in [0, 0.1) is 13.8 Å². The molecule has 1 aromatic heterocycles. The molecule has 0 saturated heterocycles. The van der Waals surface area contributed by atoms with Crippen LogP contribution in [-0.2, 0) is 6.54 Å². The van der Waals surface area contributed by atoms with Gasteiger partial charge in [-0.15, -0.1) is 0 Å². The Morgan fingerprint density at radius 2 is 2.21 bits per heavy atom. The minimum absolute atomic E-state index is 0.0274. The van der Waals surface area contributed by atoms with Gasteiger partial charge in [-0.25, -0.2) is 4.39 Å². The van der Waals surface area contributed by atoms with E-state index in [4.69, 9.17) is 0 Å². The number of nitrogens with one attached hydrogen (secondary N) is 1. The Balaban J connectivity index is 2.00. The van der Waals surface area contributed by atoms with Crippen molar-refractivity contribution in [3.63, 3.8) is 0 Å². The van der Waals surface area contributed by atoms with E-state index in [1.807, 2.05) is 6.20 Å². The number of fused-ring (bicyclic) bond motifs is 1. The second-order valence-corrected chi connectivity index (χ2v) is 6.15. The summed E-state index contributed by atoms with van der Waals surface area (Å²) in [5.74, 6) is -0.262. The van der Waals surface area contributed by atoms with Gasteiger partial charge < -0.3 is 9.88 Å². The molecule has 0 bridgehead atoms. The van der Waals surface area contributed by atoms with Crippen molar-refractivity contribution >= 4 is 12.0 Å². The van der Waals surface area contributed by atoms with Gasteiger partial charge in [-0.2, -0.15) is 0 Å². The van der Waals surface area contributed by atoms with Crippen molar-refractivity contribution in [3.05, 3.63) is 57.4 Å². The van der Waals surface area contributed by atoms with E-state index in [-0.39, 0.29) is 12.5 Å². The van der Waals surface area contributed by atoms with Gasteiger partial charge in [0.05, 0.1) is 16.3 Å². The highest BCUT2D eigenvalue weighted by atomic mass is 19.1. The number of alkyl halides is 1. The quantitative estimate of drug-likeness (QED) is 0.892. The van der Waals surface area contributed by atoms with Gasteiger partial charge in [-0.1, -0.05) is 29.8 Å². The molecule has 0 atom stereocenters. The first-order chi connectivity index (χ1) is 11.6. The minimum atomic E-state index is -0.569. The molecule has 3 rings (SSSR count). The van der Waals surface area contributed by atoms with Crippen molar-refractivity contribution in [2.75, 3.05) is 19.8 Å². The lowest BCUT2D eigenvalue weighted by Crippen LogP contribution is -2.37. The van der Waals surface area contributed by atoms with Gasteiger partial charge in [-0.05, 0) is 31.4 Å². The molecule has 2 heterocycles. The molecule has 1 N–H and O–H groups in total. The van der Waals surface area contributed by atoms with Gasteiger partial charge in [0.2, 0.25) is 0 Å². The lowest BCUT2D eigenvalue weighted by atomic mass is 10.1. The predicted octanol–water partition coefficient (Wildman–Crippen LogP) is 1.66. The van der Waals surface area contributed by atoms with Crippen molar-refractivity contribution in [3.8, 4) is 0 Å². The zero-order valence-corrected chi connectivity index (χ0v) is 14.1. The standard InChI is InChI=1S/C19H22FN3O/c1-13-5-6-15(14(2)10-13)11-23-12-16(19(24)22-9-7-20)18-17(23)4-3-8-21-18/h4-6,10,12H,3,7-9,11H2,1-2H3,(H,22,24). The van der Waals surface area contributed by atoms with E-state index < -0.39 is 6.67 Å². The Hall–Kier alpha value is -2.43. The fourth-order valence-corrected chi connectivity index (χ4v) is 3.08. The van der Waals surface area contributed by atoms with E-state index in [9.17, 15) is 9.18 Å². The number of benzene rings is 1. The number of rotatable bonds is 5. The fourth-order valence-electron chi connectivity index (χ4n) is 3.08. The van der Waals surface area contributed by atoms with Crippen LogP contribution in [0.25, 0.3) is 6.08 Å². The molecular formula is C19H22FN3O. The van der Waals surface area contributed by atoms with Crippen molar-refractivity contribution in [1.29, 1.82) is 0 Å². The number of nitrogens with zero attached hydrogens (tertiary/aromatic N) is 2. The molecule has 24 heavy (non-hydrogen) atoms. The van der Waals surface area contributed by atoms with Gasteiger partial charge in [-0.3, -0.25) is 9.79 Å². The van der Waals surface area contributed by atoms with Crippen LogP contribution in [0.3, 0.4) is 0 Å². The van der Waals surface area contributed by atoms with E-state index >= 15 is 0 Å². The number of halogens is 1. The molecule has 2 aromatic rings. The van der Waals surface area contributed by atoms with Crippen LogP contribution in [0.15, 0.2) is 29.4 Å². The van der Waals surface area contributed by atoms with Crippen LogP contribution in [-0.4, -0.2) is 30.2 Å². The topological polar surface area (TPSA) is 46.4 Å². The first-order valence-corrected chi connectivity index (χ1v) is 8.24. The molecule has 4 nitrogen and oxygen atoms in total. The first kappa shape index (κ1) is 16.4. The normalized spacial score (nSPS) is 13.0. The van der Waals surface area contributed by atoms with Gasteiger partial charge in [0, 0.05) is 25.8 Å². The number of amides is 1. The largest absolute Gasteiger partial charge is 0.349 e. The van der Waals surface area contributed by atoms with E-state index in [2.05, 4.69) is 53.0 Å². The third-order valence-corrected chi connectivity index (χ3v) is 4.29. The number of hydrogen-bond acceptors (Lipinski definition) is 2. The summed E-state index contributed by atoms with van der Waals surface area (Å²) in [7, 11) is 0. The average molecular weight is 327 g/mol. The second-order valence-electron chi connectivity index (χ2n) is 6.15. The third-order valence-electron chi connectivity index (χ3n) is 4.29. The predicted molar refractivity (Wildman–Crippen MR) is 92.5 cm³/mol. The smallest absolute Gasteiger partial charge is 0.255 e. The highest BCUT2D eigenvalue weighted by molar-refractivity contribution is 5.94. The van der Waals surface area contributed by atoms with Gasteiger partial charge in [0.15, 0.2) is 0 Å². The van der Waals surface area contributed by atoms with Crippen LogP contribution in [0.1, 0.15) is 33.5 Å². The maximum absolute atomic E-state index is 12.3. The summed E-state index contributed by atoms with van der Waals surface area (Å²) in [5.41, 5.74) is 4.21. The summed E-state index contributed by atoms with van der Waals surface area (Å²) < 4.78 is 14.4. The molecule has 1 amide bonds. The molecule has 0 fully saturated rings. The summed E-state index contributed by atoms with van der Waals surface area (Å²) in [6, 6.07) is 6.38. The van der Waals surface area contributed by atoms with Crippen LogP contribution in [0.4, 0.5) is 4.39 Å². The second kappa shape index (κ2) is 6.99. The highest BCUT2D eigenvalue weighted by Gasteiger charge is 2.15. The maximum Gasteiger partial charge on any atom is 0.255 e. The van der Waals surface area contributed by atoms with Crippen molar-refractivity contribution in [2.45, 2.75) is 26.8 Å². The molecule has 1 aliphatic rings. The molecule has 5 heteroatoms. The number of aryl methyl sites for hydroxylation is 2. The highest BCUT2D eigenvalue weighted by Crippen LogP contribution is 2.12. The van der Waals surface area contributed by atoms with Crippen molar-refractivity contribution in [1.82, 2.24) is 9.88 Å². The first-order valence-electron chi connectivity index (χ1n) is 8.24. The lowest BCUT2D eigenvalue weighted by molar-refractivity contribution is 0.0949. The Bertz CT molecular complexity index is 883. The Morgan fingerprint density at radius 3 is 2.96 bits per heavy atom. The molecule has 0 aliphatic carbocycles. The van der Waals surface area contributed by atoms with E-state index in [0.29, 0.717) is 18.7 Å². The molecule has 0 unspecified atom stereocenters. The summed E-state index contributed by atoms with van der Waals surface area (Å²) >= 11 is 0. The van der Waals surface area contributed by atoms with Crippen LogP contribution in [0.5, 0.6) is 0 Å². The molecule has 0 saturated carbocycles. The van der Waals surface area contributed by atoms with E-state index in [1.54, 1.807) is 0 Å². The maximum atomic E-state index is 12.3. The Labute approximate surface area is 140 Å². The van der Waals surface area contributed by atoms with Gasteiger partial charge >= 0.3 is 0 Å². The Morgan fingerprint density at radius 1 is 1.38 bits per heavy atom. The van der Waals surface area contributed by atoms with E-state index in [1.165, 1.54) is 16.7 Å². The molecule has 126 valence electrons. The number of hydrogen-bond donors (Lipinski definition) is 1. The summed E-state index contributed by atoms with van der Waals surface area (Å²) in [5, 5.41) is 4.30. The number of aromatic nitrogens is 1. The van der Waals surface area contributed by atoms with Gasteiger partial charge in [0.25, 0.3) is 5.91 Å². The lowest BCUT2D eigenvalue weighted by Gasteiger charge is -2.09. The summed E-state index contributed by atoms with van der Waals surface area (Å²) in [4.78, 5) is 16.8. The van der Waals surface area contributed by atoms with Crippen molar-refractivity contribution < 1.29 is 9.18 Å². The Kier molecular flexibility index (Phi) is 4.79. The molecule has 0 spiro atoms. The molecule has 0 radical (unpaired) electrons. The van der Waals surface area contributed by atoms with Crippen LogP contribution in [0.2, 0.25) is 0 Å². The fraction of sp³-hybridized carbons (Fsp3) is 0.368. The number of carbonyl (C=O) groups excluding carboxylic acids is 1. The zero-order chi connectivity index (χ0) is 17.1. The third kappa shape index (κ3) is 3.25. The van der Waals surface area contributed by atoms with Crippen LogP contribution >= 0.6 is 0 Å². The molecular weight excluding hydrogens is 305 g/mol. The number of carbonyl (C=O) groups is 1. The average Bonchev–Trinajstić information content (AvgIpc) is 2.94. The van der Waals surface area contributed by atoms with Gasteiger partial charge in [0.1, 0.15) is 6.67 Å². The van der Waals surface area contributed by atoms with Crippen LogP contribution < -0.4 is 16.0 Å². The van der Waals surface area contributed by atoms with E-state index in [0.717, 1.165) is 17.1 Å². The molecule has 1 aliphatic heterocycles.